The molecular weight excluding hydrogens is 623 g/mol. The Morgan fingerprint density at radius 1 is 1.08 bits per heavy atom. The van der Waals surface area contributed by atoms with Crippen LogP contribution in [0.5, 0.6) is 23.0 Å². The van der Waals surface area contributed by atoms with Crippen LogP contribution in [0.3, 0.4) is 0 Å². The molecule has 1 atom stereocenters. The second-order valence-electron chi connectivity index (χ2n) is 8.31. The molecule has 12 nitrogen and oxygen atoms in total. The van der Waals surface area contributed by atoms with E-state index in [4.69, 9.17) is 23.4 Å². The number of nitrogens with zero attached hydrogens (tertiary/aromatic N) is 2. The van der Waals surface area contributed by atoms with Gasteiger partial charge >= 0.3 is 0 Å². The van der Waals surface area contributed by atoms with Gasteiger partial charge in [0.15, 0.2) is 22.9 Å². The molecule has 0 aliphatic carbocycles. The topological polar surface area (TPSA) is 146 Å². The number of amides is 1. The van der Waals surface area contributed by atoms with E-state index in [1.807, 2.05) is 0 Å². The van der Waals surface area contributed by atoms with Crippen molar-refractivity contribution in [2.75, 3.05) is 40.4 Å². The second-order valence-corrected chi connectivity index (χ2v) is 8.93. The number of aromatic nitrogens is 2. The molecule has 2 heterocycles. The molecule has 2 aromatic carbocycles. The van der Waals surface area contributed by atoms with Crippen LogP contribution in [0.15, 0.2) is 41.1 Å². The van der Waals surface area contributed by atoms with Gasteiger partial charge in [-0.15, -0.1) is 0 Å². The Hall–Kier alpha value is -3.82. The number of carbonyl (C=O) groups excluding carboxylic acids is 2. The van der Waals surface area contributed by atoms with Crippen LogP contribution in [-0.2, 0) is 11.8 Å². The molecule has 4 rings (SSSR count). The lowest BCUT2D eigenvalue weighted by Gasteiger charge is -2.15. The number of methoxy groups -OCH3 is 4. The number of aliphatic hydroxyl groups is 1. The minimum Gasteiger partial charge on any atom is -0.494 e. The number of hydrogen-bond donors (Lipinski definition) is 3. The van der Waals surface area contributed by atoms with E-state index in [9.17, 15) is 14.7 Å². The van der Waals surface area contributed by atoms with E-state index in [1.54, 1.807) is 71.3 Å². The lowest BCUT2D eigenvalue weighted by atomic mass is 9.97. The smallest absolute Gasteiger partial charge is 0.244 e. The standard InChI is InChI=1S/C26H27IN4O8/c1-31-11-14(10-28-31)23-20(22(33)13-8-18(36-3)25(38-5)19(9-13)37-4)15-6-7-17(35-2)21(24(15)39-23)29-26(34)16(12-32)30-27/h6-11,16,30,32H,12H2,1-5H3,(H,29,34). The van der Waals surface area contributed by atoms with Crippen molar-refractivity contribution in [1.29, 1.82) is 0 Å². The van der Waals surface area contributed by atoms with Crippen molar-refractivity contribution in [3.63, 3.8) is 0 Å². The fourth-order valence-electron chi connectivity index (χ4n) is 4.13. The third-order valence-electron chi connectivity index (χ3n) is 6.04. The summed E-state index contributed by atoms with van der Waals surface area (Å²) >= 11 is 1.79. The van der Waals surface area contributed by atoms with Crippen LogP contribution >= 0.6 is 22.9 Å². The predicted octanol–water partition coefficient (Wildman–Crippen LogP) is 3.34. The summed E-state index contributed by atoms with van der Waals surface area (Å²) in [6.07, 6.45) is 3.28. The molecule has 3 N–H and O–H groups in total. The number of halogens is 1. The van der Waals surface area contributed by atoms with Crippen LogP contribution in [0.25, 0.3) is 22.3 Å². The van der Waals surface area contributed by atoms with Gasteiger partial charge in [0, 0.05) is 47.1 Å². The number of rotatable bonds is 11. The Labute approximate surface area is 237 Å². The van der Waals surface area contributed by atoms with Gasteiger partial charge in [-0.05, 0) is 24.3 Å². The van der Waals surface area contributed by atoms with Gasteiger partial charge in [-0.25, -0.2) is 3.53 Å². The lowest BCUT2D eigenvalue weighted by Crippen LogP contribution is -2.38. The zero-order valence-corrected chi connectivity index (χ0v) is 24.0. The van der Waals surface area contributed by atoms with Crippen molar-refractivity contribution in [2.24, 2.45) is 7.05 Å². The van der Waals surface area contributed by atoms with Gasteiger partial charge in [-0.3, -0.25) is 14.3 Å². The molecule has 1 unspecified atom stereocenters. The first-order chi connectivity index (χ1) is 18.8. The summed E-state index contributed by atoms with van der Waals surface area (Å²) in [7, 11) is 7.60. The molecule has 0 aliphatic heterocycles. The quantitative estimate of drug-likeness (QED) is 0.126. The Bertz CT molecular complexity index is 1500. The van der Waals surface area contributed by atoms with Gasteiger partial charge in [-0.1, -0.05) is 0 Å². The Balaban J connectivity index is 1.98. The predicted molar refractivity (Wildman–Crippen MR) is 151 cm³/mol. The lowest BCUT2D eigenvalue weighted by molar-refractivity contribution is -0.118. The fraction of sp³-hybridized carbons (Fsp3) is 0.269. The number of carbonyl (C=O) groups is 2. The van der Waals surface area contributed by atoms with Crippen molar-refractivity contribution in [3.8, 4) is 34.3 Å². The fourth-order valence-corrected chi connectivity index (χ4v) is 4.61. The van der Waals surface area contributed by atoms with E-state index in [0.29, 0.717) is 33.9 Å². The van der Waals surface area contributed by atoms with E-state index in [-0.39, 0.29) is 28.2 Å². The summed E-state index contributed by atoms with van der Waals surface area (Å²) in [5.41, 5.74) is 1.45. The highest BCUT2D eigenvalue weighted by molar-refractivity contribution is 14.1. The minimum atomic E-state index is -0.890. The molecule has 1 amide bonds. The second kappa shape index (κ2) is 11.9. The van der Waals surface area contributed by atoms with Gasteiger partial charge in [0.05, 0.1) is 52.4 Å². The van der Waals surface area contributed by atoms with Crippen molar-refractivity contribution in [2.45, 2.75) is 6.04 Å². The number of aryl methyl sites for hydroxylation is 1. The van der Waals surface area contributed by atoms with E-state index in [2.05, 4.69) is 13.9 Å². The first kappa shape index (κ1) is 28.2. The third-order valence-corrected chi connectivity index (χ3v) is 6.79. The van der Waals surface area contributed by atoms with Crippen LogP contribution in [0, 0.1) is 0 Å². The van der Waals surface area contributed by atoms with E-state index in [1.165, 1.54) is 28.4 Å². The number of nitrogens with one attached hydrogen (secondary N) is 2. The average molecular weight is 650 g/mol. The van der Waals surface area contributed by atoms with Crippen LogP contribution < -0.4 is 27.8 Å². The van der Waals surface area contributed by atoms with Crippen LogP contribution in [0.2, 0.25) is 0 Å². The van der Waals surface area contributed by atoms with Gasteiger partial charge in [0.25, 0.3) is 0 Å². The Morgan fingerprint density at radius 3 is 2.26 bits per heavy atom. The van der Waals surface area contributed by atoms with Crippen LogP contribution in [0.4, 0.5) is 5.69 Å². The van der Waals surface area contributed by atoms with E-state index in [0.717, 1.165) is 0 Å². The summed E-state index contributed by atoms with van der Waals surface area (Å²) in [6, 6.07) is 5.52. The molecule has 2 aromatic heterocycles. The minimum absolute atomic E-state index is 0.208. The maximum Gasteiger partial charge on any atom is 0.244 e. The van der Waals surface area contributed by atoms with E-state index < -0.39 is 24.3 Å². The van der Waals surface area contributed by atoms with Crippen molar-refractivity contribution < 1.29 is 38.1 Å². The molecule has 0 aliphatic rings. The number of anilines is 1. The van der Waals surface area contributed by atoms with Crippen molar-refractivity contribution in [1.82, 2.24) is 13.3 Å². The summed E-state index contributed by atoms with van der Waals surface area (Å²) in [6.45, 7) is -0.434. The highest BCUT2D eigenvalue weighted by Crippen LogP contribution is 2.44. The number of furan rings is 1. The molecule has 0 spiro atoms. The highest BCUT2D eigenvalue weighted by atomic mass is 127. The summed E-state index contributed by atoms with van der Waals surface area (Å²) in [5, 5.41) is 17.0. The normalized spacial score (nSPS) is 11.8. The first-order valence-corrected chi connectivity index (χ1v) is 12.6. The number of benzene rings is 2. The molecule has 0 saturated carbocycles. The molecule has 13 heteroatoms. The van der Waals surface area contributed by atoms with Crippen molar-refractivity contribution >= 4 is 51.2 Å². The molecule has 0 saturated heterocycles. The number of hydrogen-bond acceptors (Lipinski definition) is 10. The number of fused-ring (bicyclic) bond motifs is 1. The maximum absolute atomic E-state index is 14.1. The molecule has 0 radical (unpaired) electrons. The van der Waals surface area contributed by atoms with Gasteiger partial charge in [0.2, 0.25) is 11.7 Å². The molecular formula is C26H27IN4O8. The summed E-state index contributed by atoms with van der Waals surface area (Å²) < 4.78 is 32.3. The van der Waals surface area contributed by atoms with Crippen LogP contribution in [0.1, 0.15) is 15.9 Å². The summed E-state index contributed by atoms with van der Waals surface area (Å²) in [4.78, 5) is 27.0. The maximum atomic E-state index is 14.1. The monoisotopic (exact) mass is 650 g/mol. The number of ether oxygens (including phenoxy) is 4. The molecule has 206 valence electrons. The molecule has 0 bridgehead atoms. The molecule has 4 aromatic rings. The first-order valence-electron chi connectivity index (χ1n) is 11.6. The summed E-state index contributed by atoms with van der Waals surface area (Å²) in [5.74, 6) is 0.605. The molecule has 0 fully saturated rings. The van der Waals surface area contributed by atoms with Gasteiger partial charge in [-0.2, -0.15) is 5.10 Å². The zero-order chi connectivity index (χ0) is 28.3. The molecule has 39 heavy (non-hydrogen) atoms. The van der Waals surface area contributed by atoms with Gasteiger partial charge < -0.3 is 33.8 Å². The third kappa shape index (κ3) is 5.24. The van der Waals surface area contributed by atoms with E-state index >= 15 is 0 Å². The number of aliphatic hydroxyl groups excluding tert-OH is 1. The average Bonchev–Trinajstić information content (AvgIpc) is 3.56. The Morgan fingerprint density at radius 2 is 1.74 bits per heavy atom. The highest BCUT2D eigenvalue weighted by Gasteiger charge is 2.29. The van der Waals surface area contributed by atoms with Gasteiger partial charge in [0.1, 0.15) is 23.2 Å². The van der Waals surface area contributed by atoms with Crippen LogP contribution in [-0.4, -0.2) is 67.7 Å². The van der Waals surface area contributed by atoms with Crippen molar-refractivity contribution in [3.05, 3.63) is 47.8 Å². The zero-order valence-electron chi connectivity index (χ0n) is 21.8. The largest absolute Gasteiger partial charge is 0.494 e. The Kier molecular flexibility index (Phi) is 8.62. The SMILES string of the molecule is COc1cc(C(=O)c2c(-c3cnn(C)c3)oc3c(NC(=O)C(CO)NI)c(OC)ccc23)cc(OC)c1OC. The number of ketones is 1.